The number of aryl methyl sites for hydroxylation is 1. The summed E-state index contributed by atoms with van der Waals surface area (Å²) in [4.78, 5) is 30.2. The van der Waals surface area contributed by atoms with Crippen LogP contribution in [0, 0.1) is 11.3 Å². The van der Waals surface area contributed by atoms with Crippen LogP contribution >= 0.6 is 0 Å². The van der Waals surface area contributed by atoms with Crippen LogP contribution in [0.25, 0.3) is 0 Å². The molecule has 2 fully saturated rings. The van der Waals surface area contributed by atoms with E-state index in [1.54, 1.807) is 0 Å². The van der Waals surface area contributed by atoms with Gasteiger partial charge < -0.3 is 29.4 Å². The van der Waals surface area contributed by atoms with Crippen molar-refractivity contribution in [3.05, 3.63) is 41.1 Å². The summed E-state index contributed by atoms with van der Waals surface area (Å²) in [7, 11) is 2.14. The van der Waals surface area contributed by atoms with Gasteiger partial charge in [-0.2, -0.15) is 15.2 Å². The van der Waals surface area contributed by atoms with Crippen LogP contribution < -0.4 is 14.5 Å². The molecule has 4 aliphatic rings. The van der Waals surface area contributed by atoms with Gasteiger partial charge in [0.1, 0.15) is 12.4 Å². The molecular weight excluding hydrogens is 506 g/mol. The Kier molecular flexibility index (Phi) is 7.65. The van der Waals surface area contributed by atoms with E-state index in [1.165, 1.54) is 22.6 Å². The first kappa shape index (κ1) is 26.6. The lowest BCUT2D eigenvalue weighted by Gasteiger charge is -2.42. The van der Waals surface area contributed by atoms with Crippen molar-refractivity contribution in [3.63, 3.8) is 0 Å². The lowest BCUT2D eigenvalue weighted by molar-refractivity contribution is 0.119. The smallest absolute Gasteiger partial charge is 0.407 e. The average Bonchev–Trinajstić information content (AvgIpc) is 3.39. The molecule has 2 saturated heterocycles. The number of fused-ring (bicyclic) bond motifs is 2. The molecule has 0 unspecified atom stereocenters. The molecular formula is C30H39N7O3. The summed E-state index contributed by atoms with van der Waals surface area (Å²) >= 11 is 0. The van der Waals surface area contributed by atoms with Crippen LogP contribution in [0.2, 0.25) is 0 Å². The molecule has 1 aliphatic carbocycles. The zero-order chi connectivity index (χ0) is 27.6. The molecule has 0 saturated carbocycles. The Labute approximate surface area is 236 Å². The van der Waals surface area contributed by atoms with Gasteiger partial charge in [-0.15, -0.1) is 0 Å². The number of para-hydroxylation sites is 1. The maximum atomic E-state index is 11.8. The van der Waals surface area contributed by atoms with E-state index in [-0.39, 0.29) is 12.5 Å². The number of rotatable bonds is 6. The maximum absolute atomic E-state index is 11.8. The average molecular weight is 546 g/mol. The summed E-state index contributed by atoms with van der Waals surface area (Å²) in [5.41, 5.74) is 4.96. The normalized spacial score (nSPS) is 24.8. The van der Waals surface area contributed by atoms with E-state index in [9.17, 15) is 15.2 Å². The fourth-order valence-corrected chi connectivity index (χ4v) is 7.03. The Balaban J connectivity index is 1.29. The molecule has 0 spiro atoms. The van der Waals surface area contributed by atoms with Crippen LogP contribution in [-0.4, -0.2) is 95.5 Å². The first-order valence-corrected chi connectivity index (χ1v) is 14.7. The number of nitrogens with zero attached hydrogens (tertiary/aromatic N) is 7. The Morgan fingerprint density at radius 3 is 2.77 bits per heavy atom. The lowest BCUT2D eigenvalue weighted by Crippen LogP contribution is -2.55. The third-order valence-corrected chi connectivity index (χ3v) is 9.23. The largest absolute Gasteiger partial charge is 0.465 e. The van der Waals surface area contributed by atoms with Crippen molar-refractivity contribution >= 4 is 17.6 Å². The zero-order valence-corrected chi connectivity index (χ0v) is 23.3. The third-order valence-electron chi connectivity index (χ3n) is 9.23. The van der Waals surface area contributed by atoms with Crippen molar-refractivity contribution in [2.24, 2.45) is 0 Å². The van der Waals surface area contributed by atoms with Gasteiger partial charge >= 0.3 is 12.1 Å². The number of amides is 1. The van der Waals surface area contributed by atoms with E-state index in [4.69, 9.17) is 14.7 Å². The molecule has 4 heterocycles. The number of likely N-dealkylation sites (N-methyl/N-ethyl adjacent to an activating group) is 1. The van der Waals surface area contributed by atoms with E-state index in [2.05, 4.69) is 52.1 Å². The van der Waals surface area contributed by atoms with Gasteiger partial charge in [-0.1, -0.05) is 18.2 Å². The highest BCUT2D eigenvalue weighted by Crippen LogP contribution is 2.36. The van der Waals surface area contributed by atoms with E-state index < -0.39 is 6.09 Å². The van der Waals surface area contributed by atoms with Gasteiger partial charge in [0, 0.05) is 55.9 Å². The minimum absolute atomic E-state index is 0.157. The van der Waals surface area contributed by atoms with Crippen molar-refractivity contribution in [3.8, 4) is 12.1 Å². The van der Waals surface area contributed by atoms with E-state index >= 15 is 0 Å². The first-order chi connectivity index (χ1) is 19.5. The molecule has 6 rings (SSSR count). The Morgan fingerprint density at radius 2 is 1.98 bits per heavy atom. The first-order valence-electron chi connectivity index (χ1n) is 14.7. The number of carboxylic acid groups (broad SMARTS) is 1. The molecule has 1 aromatic heterocycles. The summed E-state index contributed by atoms with van der Waals surface area (Å²) in [6, 6.07) is 11.7. The number of piperazine rings is 1. The molecule has 0 bridgehead atoms. The van der Waals surface area contributed by atoms with Crippen molar-refractivity contribution in [2.45, 2.75) is 69.5 Å². The predicted octanol–water partition coefficient (Wildman–Crippen LogP) is 3.34. The van der Waals surface area contributed by atoms with Crippen LogP contribution in [0.15, 0.2) is 24.3 Å². The van der Waals surface area contributed by atoms with Crippen LogP contribution in [0.4, 0.5) is 16.3 Å². The number of nitriles is 1. The second-order valence-electron chi connectivity index (χ2n) is 11.6. The maximum Gasteiger partial charge on any atom is 0.407 e. The van der Waals surface area contributed by atoms with E-state index in [0.717, 1.165) is 68.7 Å². The van der Waals surface area contributed by atoms with Crippen molar-refractivity contribution in [1.29, 1.82) is 5.26 Å². The Bertz CT molecular complexity index is 1280. The van der Waals surface area contributed by atoms with Crippen molar-refractivity contribution in [2.75, 3.05) is 56.2 Å². The van der Waals surface area contributed by atoms with E-state index in [1.807, 2.05) is 0 Å². The third kappa shape index (κ3) is 5.27. The molecule has 212 valence electrons. The number of benzene rings is 1. The molecule has 10 heteroatoms. The van der Waals surface area contributed by atoms with Crippen LogP contribution in [0.5, 0.6) is 6.01 Å². The molecule has 3 aliphatic heterocycles. The van der Waals surface area contributed by atoms with Crippen molar-refractivity contribution < 1.29 is 14.6 Å². The van der Waals surface area contributed by atoms with Gasteiger partial charge in [0.2, 0.25) is 0 Å². The summed E-state index contributed by atoms with van der Waals surface area (Å²) in [6.07, 6.45) is 6.46. The highest BCUT2D eigenvalue weighted by molar-refractivity contribution is 5.66. The standard InChI is InChI=1S/C30H39N7O3/c1-34-14-5-8-24(34)20-40-29-32-26-18-22(36-15-4-7-21-6-2-3-9-27(21)36)10-11-25(26)28(33-29)35-16-17-37(30(38)39)23(19-35)12-13-31/h2-3,6,9,22-24H,4-5,7-8,10-12,14-20H2,1H3,(H,38,39)/t22-,23-,24-/m0/s1. The monoisotopic (exact) mass is 545 g/mol. The number of carbonyl (C=O) groups is 1. The molecule has 40 heavy (non-hydrogen) atoms. The van der Waals surface area contributed by atoms with Gasteiger partial charge in [0.25, 0.3) is 0 Å². The van der Waals surface area contributed by atoms with Gasteiger partial charge in [-0.3, -0.25) is 0 Å². The lowest BCUT2D eigenvalue weighted by atomic mass is 9.88. The van der Waals surface area contributed by atoms with Gasteiger partial charge in [0.15, 0.2) is 0 Å². The highest BCUT2D eigenvalue weighted by atomic mass is 16.5. The fourth-order valence-electron chi connectivity index (χ4n) is 7.03. The predicted molar refractivity (Wildman–Crippen MR) is 152 cm³/mol. The quantitative estimate of drug-likeness (QED) is 0.585. The second kappa shape index (κ2) is 11.5. The molecule has 1 N–H and O–H groups in total. The second-order valence-corrected chi connectivity index (χ2v) is 11.6. The number of hydrogen-bond donors (Lipinski definition) is 1. The van der Waals surface area contributed by atoms with Gasteiger partial charge in [-0.05, 0) is 63.7 Å². The molecule has 1 aromatic carbocycles. The fraction of sp³-hybridized carbons (Fsp3) is 0.600. The van der Waals surface area contributed by atoms with Crippen molar-refractivity contribution in [1.82, 2.24) is 19.8 Å². The van der Waals surface area contributed by atoms with E-state index in [0.29, 0.717) is 44.3 Å². The number of likely N-dealkylation sites (tertiary alicyclic amines) is 1. The van der Waals surface area contributed by atoms with Crippen LogP contribution in [0.1, 0.15) is 48.9 Å². The summed E-state index contributed by atoms with van der Waals surface area (Å²) in [5.74, 6) is 0.852. The molecule has 1 amide bonds. The Hall–Kier alpha value is -3.58. The number of anilines is 2. The van der Waals surface area contributed by atoms with Gasteiger partial charge in [-0.25, -0.2) is 4.79 Å². The molecule has 2 aromatic rings. The zero-order valence-electron chi connectivity index (χ0n) is 23.3. The highest BCUT2D eigenvalue weighted by Gasteiger charge is 2.35. The SMILES string of the molecule is CN1CCC[C@H]1COc1nc2c(c(N3CCN(C(=O)O)[C@@H](CC#N)C3)n1)CC[C@H](N1CCCc3ccccc31)C2. The minimum Gasteiger partial charge on any atom is -0.465 e. The molecule has 0 radical (unpaired) electrons. The van der Waals surface area contributed by atoms with Crippen LogP contribution in [-0.2, 0) is 19.3 Å². The van der Waals surface area contributed by atoms with Gasteiger partial charge in [0.05, 0.1) is 24.2 Å². The topological polar surface area (TPSA) is 109 Å². The molecule has 3 atom stereocenters. The molecule has 10 nitrogen and oxygen atoms in total. The minimum atomic E-state index is -0.973. The number of aromatic nitrogens is 2. The Morgan fingerprint density at radius 1 is 1.10 bits per heavy atom. The number of hydrogen-bond acceptors (Lipinski definition) is 8. The summed E-state index contributed by atoms with van der Waals surface area (Å²) < 4.78 is 6.27. The summed E-state index contributed by atoms with van der Waals surface area (Å²) in [6.45, 7) is 4.01. The summed E-state index contributed by atoms with van der Waals surface area (Å²) in [5, 5.41) is 19.1. The number of ether oxygens (including phenoxy) is 1. The van der Waals surface area contributed by atoms with Crippen LogP contribution in [0.3, 0.4) is 0 Å².